The van der Waals surface area contributed by atoms with Gasteiger partial charge in [-0.15, -0.1) is 0 Å². The molecule has 1 aromatic rings. The number of carbonyl (C=O) groups excluding carboxylic acids is 1. The Labute approximate surface area is 105 Å². The van der Waals surface area contributed by atoms with Gasteiger partial charge in [0.1, 0.15) is 6.61 Å². The monoisotopic (exact) mass is 249 g/mol. The Balaban J connectivity index is 1.70. The molecule has 0 unspecified atom stereocenters. The Morgan fingerprint density at radius 1 is 1.28 bits per heavy atom. The van der Waals surface area contributed by atoms with Crippen molar-refractivity contribution in [2.24, 2.45) is 5.92 Å². The fourth-order valence-electron chi connectivity index (χ4n) is 1.91. The maximum absolute atomic E-state index is 11.6. The first-order valence-corrected chi connectivity index (χ1v) is 5.82. The lowest BCUT2D eigenvalue weighted by Crippen LogP contribution is -2.50. The topological polar surface area (TPSA) is 66.8 Å². The van der Waals surface area contributed by atoms with Crippen molar-refractivity contribution < 1.29 is 19.4 Å². The Morgan fingerprint density at radius 2 is 1.94 bits per heavy atom. The number of aliphatic carboxylic acids is 1. The summed E-state index contributed by atoms with van der Waals surface area (Å²) in [5.41, 5.74) is 0.938. The summed E-state index contributed by atoms with van der Waals surface area (Å²) in [6.45, 7) is 1.19. The molecule has 1 fully saturated rings. The quantitative estimate of drug-likeness (QED) is 0.882. The van der Waals surface area contributed by atoms with Crippen LogP contribution < -0.4 is 0 Å². The molecule has 1 amide bonds. The van der Waals surface area contributed by atoms with E-state index in [4.69, 9.17) is 9.84 Å². The Morgan fingerprint density at radius 3 is 2.56 bits per heavy atom. The van der Waals surface area contributed by atoms with Gasteiger partial charge in [-0.25, -0.2) is 4.79 Å². The van der Waals surface area contributed by atoms with Crippen molar-refractivity contribution in [1.29, 1.82) is 0 Å². The van der Waals surface area contributed by atoms with E-state index < -0.39 is 5.97 Å². The molecule has 0 bridgehead atoms. The van der Waals surface area contributed by atoms with E-state index >= 15 is 0 Å². The average Bonchev–Trinajstić information content (AvgIpc) is 2.31. The molecule has 1 aliphatic heterocycles. The van der Waals surface area contributed by atoms with Crippen molar-refractivity contribution in [2.75, 3.05) is 13.1 Å². The predicted octanol–water partition coefficient (Wildman–Crippen LogP) is 1.73. The molecular weight excluding hydrogens is 234 g/mol. The number of likely N-dealkylation sites (tertiary alicyclic amines) is 1. The number of benzene rings is 1. The maximum Gasteiger partial charge on any atom is 0.410 e. The molecule has 0 atom stereocenters. The third-order valence-electron chi connectivity index (χ3n) is 2.88. The molecule has 1 aliphatic rings. The lowest BCUT2D eigenvalue weighted by atomic mass is 9.97. The van der Waals surface area contributed by atoms with Gasteiger partial charge in [-0.1, -0.05) is 30.3 Å². The minimum absolute atomic E-state index is 0.0618. The minimum atomic E-state index is -0.822. The third kappa shape index (κ3) is 3.23. The van der Waals surface area contributed by atoms with Gasteiger partial charge < -0.3 is 14.7 Å². The van der Waals surface area contributed by atoms with Gasteiger partial charge in [-0.2, -0.15) is 0 Å². The molecule has 1 heterocycles. The van der Waals surface area contributed by atoms with Gasteiger partial charge in [0.15, 0.2) is 0 Å². The number of nitrogens with zero attached hydrogens (tertiary/aromatic N) is 1. The lowest BCUT2D eigenvalue weighted by molar-refractivity contribution is -0.139. The lowest BCUT2D eigenvalue weighted by Gasteiger charge is -2.37. The minimum Gasteiger partial charge on any atom is -0.481 e. The van der Waals surface area contributed by atoms with Crippen molar-refractivity contribution in [2.45, 2.75) is 13.0 Å². The summed E-state index contributed by atoms with van der Waals surface area (Å²) < 4.78 is 5.12. The zero-order valence-electron chi connectivity index (χ0n) is 9.91. The van der Waals surface area contributed by atoms with Crippen LogP contribution in [0.25, 0.3) is 0 Å². The molecule has 0 aliphatic carbocycles. The molecule has 5 heteroatoms. The van der Waals surface area contributed by atoms with Crippen molar-refractivity contribution in [3.8, 4) is 0 Å². The van der Waals surface area contributed by atoms with E-state index in [-0.39, 0.29) is 25.0 Å². The van der Waals surface area contributed by atoms with Gasteiger partial charge in [-0.3, -0.25) is 4.79 Å². The number of carboxylic acids is 1. The van der Waals surface area contributed by atoms with Crippen LogP contribution in [0.5, 0.6) is 0 Å². The van der Waals surface area contributed by atoms with Crippen LogP contribution in [0.2, 0.25) is 0 Å². The van der Waals surface area contributed by atoms with Crippen molar-refractivity contribution in [3.63, 3.8) is 0 Å². The number of ether oxygens (including phenoxy) is 1. The number of carboxylic acid groups (broad SMARTS) is 1. The van der Waals surface area contributed by atoms with Crippen LogP contribution in [0.1, 0.15) is 12.0 Å². The molecule has 96 valence electrons. The second kappa shape index (κ2) is 5.53. The molecule has 18 heavy (non-hydrogen) atoms. The summed E-state index contributed by atoms with van der Waals surface area (Å²) in [4.78, 5) is 23.6. The SMILES string of the molecule is O=C(O)CC1CN(C(=O)OCc2ccccc2)C1. The highest BCUT2D eigenvalue weighted by atomic mass is 16.6. The maximum atomic E-state index is 11.6. The fraction of sp³-hybridized carbons (Fsp3) is 0.385. The number of amides is 1. The molecule has 1 N–H and O–H groups in total. The summed E-state index contributed by atoms with van der Waals surface area (Å²) in [6, 6.07) is 9.44. The van der Waals surface area contributed by atoms with E-state index in [1.54, 1.807) is 0 Å². The van der Waals surface area contributed by atoms with E-state index in [9.17, 15) is 9.59 Å². The van der Waals surface area contributed by atoms with E-state index in [0.29, 0.717) is 13.1 Å². The molecule has 2 rings (SSSR count). The Hall–Kier alpha value is -2.04. The summed E-state index contributed by atoms with van der Waals surface area (Å²) in [6.07, 6.45) is -0.261. The molecule has 1 saturated heterocycles. The van der Waals surface area contributed by atoms with Crippen LogP contribution in [-0.4, -0.2) is 35.2 Å². The average molecular weight is 249 g/mol. The second-order valence-electron chi connectivity index (χ2n) is 4.41. The van der Waals surface area contributed by atoms with Gasteiger partial charge in [0.25, 0.3) is 0 Å². The molecular formula is C13H15NO4. The van der Waals surface area contributed by atoms with Crippen LogP contribution in [-0.2, 0) is 16.1 Å². The third-order valence-corrected chi connectivity index (χ3v) is 2.88. The molecule has 0 aromatic heterocycles. The van der Waals surface area contributed by atoms with Gasteiger partial charge in [0.2, 0.25) is 0 Å². The Kier molecular flexibility index (Phi) is 3.82. The van der Waals surface area contributed by atoms with Crippen LogP contribution in [0.15, 0.2) is 30.3 Å². The summed E-state index contributed by atoms with van der Waals surface area (Å²) in [5, 5.41) is 8.59. The number of hydrogen-bond donors (Lipinski definition) is 1. The largest absolute Gasteiger partial charge is 0.481 e. The summed E-state index contributed by atoms with van der Waals surface area (Å²) in [5.74, 6) is -0.760. The number of rotatable bonds is 4. The first kappa shape index (κ1) is 12.4. The standard InChI is InChI=1S/C13H15NO4/c15-12(16)6-11-7-14(8-11)13(17)18-9-10-4-2-1-3-5-10/h1-5,11H,6-9H2,(H,15,16). The first-order valence-electron chi connectivity index (χ1n) is 5.82. The summed E-state index contributed by atoms with van der Waals surface area (Å²) >= 11 is 0. The zero-order valence-corrected chi connectivity index (χ0v) is 9.91. The van der Waals surface area contributed by atoms with Crippen LogP contribution in [0, 0.1) is 5.92 Å². The van der Waals surface area contributed by atoms with Crippen molar-refractivity contribution in [1.82, 2.24) is 4.90 Å². The van der Waals surface area contributed by atoms with E-state index in [2.05, 4.69) is 0 Å². The summed E-state index contributed by atoms with van der Waals surface area (Å²) in [7, 11) is 0. The fourth-order valence-corrected chi connectivity index (χ4v) is 1.91. The molecule has 0 radical (unpaired) electrons. The van der Waals surface area contributed by atoms with Gasteiger partial charge in [0.05, 0.1) is 6.42 Å². The van der Waals surface area contributed by atoms with E-state index in [1.807, 2.05) is 30.3 Å². The highest BCUT2D eigenvalue weighted by Gasteiger charge is 2.32. The zero-order chi connectivity index (χ0) is 13.0. The van der Waals surface area contributed by atoms with Crippen LogP contribution >= 0.6 is 0 Å². The molecule has 1 aromatic carbocycles. The molecule has 5 nitrogen and oxygen atoms in total. The van der Waals surface area contributed by atoms with Crippen LogP contribution in [0.3, 0.4) is 0 Å². The smallest absolute Gasteiger partial charge is 0.410 e. The van der Waals surface area contributed by atoms with Gasteiger partial charge >= 0.3 is 12.1 Å². The van der Waals surface area contributed by atoms with Crippen molar-refractivity contribution >= 4 is 12.1 Å². The van der Waals surface area contributed by atoms with Crippen molar-refractivity contribution in [3.05, 3.63) is 35.9 Å². The predicted molar refractivity (Wildman–Crippen MR) is 63.9 cm³/mol. The molecule has 0 spiro atoms. The van der Waals surface area contributed by atoms with Gasteiger partial charge in [0, 0.05) is 19.0 Å². The number of carbonyl (C=O) groups is 2. The first-order chi connectivity index (χ1) is 8.65. The van der Waals surface area contributed by atoms with Crippen LogP contribution in [0.4, 0.5) is 4.79 Å². The van der Waals surface area contributed by atoms with Gasteiger partial charge in [-0.05, 0) is 5.56 Å². The highest BCUT2D eigenvalue weighted by molar-refractivity contribution is 5.70. The second-order valence-corrected chi connectivity index (χ2v) is 4.41. The molecule has 0 saturated carbocycles. The van der Waals surface area contributed by atoms with E-state index in [0.717, 1.165) is 5.56 Å². The normalized spacial score (nSPS) is 15.0. The van der Waals surface area contributed by atoms with E-state index in [1.165, 1.54) is 4.90 Å². The Bertz CT molecular complexity index is 426. The highest BCUT2D eigenvalue weighted by Crippen LogP contribution is 2.20. The number of hydrogen-bond acceptors (Lipinski definition) is 3.